The van der Waals surface area contributed by atoms with E-state index in [2.05, 4.69) is 10.5 Å². The topological polar surface area (TPSA) is 113 Å². The van der Waals surface area contributed by atoms with Gasteiger partial charge in [-0.15, -0.1) is 0 Å². The van der Waals surface area contributed by atoms with E-state index in [9.17, 15) is 18.0 Å². The summed E-state index contributed by atoms with van der Waals surface area (Å²) in [6, 6.07) is 4.06. The summed E-state index contributed by atoms with van der Waals surface area (Å²) in [5, 5.41) is 6.81. The number of benzene rings is 1. The molecular formula is C22H28N4O5S. The summed E-state index contributed by atoms with van der Waals surface area (Å²) in [6.07, 6.45) is 2.57. The molecule has 0 radical (unpaired) electrons. The maximum Gasteiger partial charge on any atom is 0.243 e. The Hall–Kier alpha value is -2.72. The Balaban J connectivity index is 1.50. The van der Waals surface area contributed by atoms with Crippen molar-refractivity contribution in [2.45, 2.75) is 57.4 Å². The lowest BCUT2D eigenvalue weighted by molar-refractivity contribution is -0.125. The third-order valence-corrected chi connectivity index (χ3v) is 8.13. The number of hydrogen-bond acceptors (Lipinski definition) is 6. The normalized spacial score (nSPS) is 18.7. The summed E-state index contributed by atoms with van der Waals surface area (Å²) in [5.41, 5.74) is 3.03. The first-order chi connectivity index (χ1) is 15.2. The van der Waals surface area contributed by atoms with Crippen molar-refractivity contribution >= 4 is 27.5 Å². The third kappa shape index (κ3) is 4.04. The molecule has 0 bridgehead atoms. The van der Waals surface area contributed by atoms with Gasteiger partial charge in [-0.25, -0.2) is 8.42 Å². The van der Waals surface area contributed by atoms with Crippen molar-refractivity contribution in [1.29, 1.82) is 0 Å². The minimum atomic E-state index is -3.57. The van der Waals surface area contributed by atoms with Crippen molar-refractivity contribution in [1.82, 2.24) is 14.8 Å². The monoisotopic (exact) mass is 460 g/mol. The van der Waals surface area contributed by atoms with Gasteiger partial charge in [-0.3, -0.25) is 14.5 Å². The molecule has 4 rings (SSSR count). The number of aromatic nitrogens is 1. The van der Waals surface area contributed by atoms with Crippen molar-refractivity contribution in [3.8, 4) is 0 Å². The molecule has 0 aliphatic carbocycles. The van der Waals surface area contributed by atoms with Crippen molar-refractivity contribution in [2.75, 3.05) is 24.5 Å². The highest BCUT2D eigenvalue weighted by Gasteiger charge is 2.38. The smallest absolute Gasteiger partial charge is 0.243 e. The average Bonchev–Trinajstić information content (AvgIpc) is 3.48. The third-order valence-electron chi connectivity index (χ3n) is 6.24. The SMILES string of the molecule is CC(=O)N1c2ccc(S(=O)(=O)N3CCCC3)cc2C[C@@H]1C(=O)NCCc1c(C)noc1C. The fraction of sp³-hybridized carbons (Fsp3) is 0.500. The molecule has 1 aromatic carbocycles. The van der Waals surface area contributed by atoms with Crippen molar-refractivity contribution in [3.63, 3.8) is 0 Å². The van der Waals surface area contributed by atoms with Crippen LogP contribution in [0.5, 0.6) is 0 Å². The lowest BCUT2D eigenvalue weighted by Crippen LogP contribution is -2.47. The highest BCUT2D eigenvalue weighted by Crippen LogP contribution is 2.35. The Morgan fingerprint density at radius 1 is 1.22 bits per heavy atom. The Labute approximate surface area is 187 Å². The fourth-order valence-corrected chi connectivity index (χ4v) is 6.12. The van der Waals surface area contributed by atoms with Crippen LogP contribution in [0.25, 0.3) is 0 Å². The van der Waals surface area contributed by atoms with Crippen LogP contribution in [0.1, 0.15) is 42.3 Å². The molecular weight excluding hydrogens is 432 g/mol. The van der Waals surface area contributed by atoms with E-state index >= 15 is 0 Å². The highest BCUT2D eigenvalue weighted by molar-refractivity contribution is 7.89. The number of hydrogen-bond donors (Lipinski definition) is 1. The maximum absolute atomic E-state index is 12.9. The minimum Gasteiger partial charge on any atom is -0.361 e. The van der Waals surface area contributed by atoms with Crippen LogP contribution >= 0.6 is 0 Å². The summed E-state index contributed by atoms with van der Waals surface area (Å²) >= 11 is 0. The van der Waals surface area contributed by atoms with Crippen LogP contribution in [0.15, 0.2) is 27.6 Å². The van der Waals surface area contributed by atoms with Gasteiger partial charge in [-0.05, 0) is 56.9 Å². The molecule has 2 aliphatic heterocycles. The van der Waals surface area contributed by atoms with E-state index in [0.29, 0.717) is 37.3 Å². The van der Waals surface area contributed by atoms with Gasteiger partial charge in [-0.2, -0.15) is 4.31 Å². The second-order valence-corrected chi connectivity index (χ2v) is 10.3. The Kier molecular flexibility index (Phi) is 6.09. The molecule has 0 spiro atoms. The van der Waals surface area contributed by atoms with E-state index in [1.54, 1.807) is 12.1 Å². The molecule has 1 fully saturated rings. The molecule has 2 aromatic rings. The second-order valence-electron chi connectivity index (χ2n) is 8.35. The number of sulfonamides is 1. The molecule has 2 aliphatic rings. The van der Waals surface area contributed by atoms with Crippen LogP contribution in [0.4, 0.5) is 5.69 Å². The quantitative estimate of drug-likeness (QED) is 0.702. The first-order valence-corrected chi connectivity index (χ1v) is 12.3. The zero-order valence-electron chi connectivity index (χ0n) is 18.6. The zero-order valence-corrected chi connectivity index (χ0v) is 19.4. The van der Waals surface area contributed by atoms with E-state index in [-0.39, 0.29) is 23.1 Å². The zero-order chi connectivity index (χ0) is 23.0. The van der Waals surface area contributed by atoms with Gasteiger partial charge in [0.25, 0.3) is 0 Å². The molecule has 32 heavy (non-hydrogen) atoms. The predicted molar refractivity (Wildman–Crippen MR) is 118 cm³/mol. The van der Waals surface area contributed by atoms with Gasteiger partial charge in [0.05, 0.1) is 10.6 Å². The number of aryl methyl sites for hydroxylation is 2. The number of amides is 2. The van der Waals surface area contributed by atoms with Gasteiger partial charge in [0.1, 0.15) is 11.8 Å². The van der Waals surface area contributed by atoms with Crippen molar-refractivity contribution < 1.29 is 22.5 Å². The van der Waals surface area contributed by atoms with Crippen LogP contribution < -0.4 is 10.2 Å². The molecule has 1 N–H and O–H groups in total. The number of rotatable bonds is 6. The molecule has 0 saturated carbocycles. The molecule has 1 aromatic heterocycles. The van der Waals surface area contributed by atoms with E-state index in [1.165, 1.54) is 22.2 Å². The van der Waals surface area contributed by atoms with Gasteiger partial charge in [-0.1, -0.05) is 5.16 Å². The number of fused-ring (bicyclic) bond motifs is 1. The number of anilines is 1. The van der Waals surface area contributed by atoms with E-state index in [4.69, 9.17) is 4.52 Å². The summed E-state index contributed by atoms with van der Waals surface area (Å²) in [4.78, 5) is 27.0. The molecule has 10 heteroatoms. The van der Waals surface area contributed by atoms with Crippen LogP contribution in [0, 0.1) is 13.8 Å². The average molecular weight is 461 g/mol. The van der Waals surface area contributed by atoms with Crippen LogP contribution in [-0.4, -0.2) is 55.4 Å². The molecule has 9 nitrogen and oxygen atoms in total. The Morgan fingerprint density at radius 2 is 1.94 bits per heavy atom. The minimum absolute atomic E-state index is 0.209. The molecule has 1 atom stereocenters. The fourth-order valence-electron chi connectivity index (χ4n) is 4.55. The Bertz CT molecular complexity index is 1130. The van der Waals surface area contributed by atoms with Crippen LogP contribution in [-0.2, 0) is 32.5 Å². The molecule has 1 saturated heterocycles. The van der Waals surface area contributed by atoms with Crippen molar-refractivity contribution in [3.05, 3.63) is 40.8 Å². The maximum atomic E-state index is 12.9. The standard InChI is InChI=1S/C22H28N4O5S/c1-14-19(15(2)31-24-14)8-9-23-22(28)21-13-17-12-18(6-7-20(17)26(21)16(3)27)32(29,30)25-10-4-5-11-25/h6-7,12,21H,4-5,8-11,13H2,1-3H3,(H,23,28)/t21-/m1/s1. The first-order valence-electron chi connectivity index (χ1n) is 10.8. The van der Waals surface area contributed by atoms with Crippen LogP contribution in [0.2, 0.25) is 0 Å². The van der Waals surface area contributed by atoms with E-state index in [1.807, 2.05) is 13.8 Å². The summed E-state index contributed by atoms with van der Waals surface area (Å²) < 4.78 is 32.5. The number of nitrogens with one attached hydrogen (secondary N) is 1. The Morgan fingerprint density at radius 3 is 2.56 bits per heavy atom. The summed E-state index contributed by atoms with van der Waals surface area (Å²) in [7, 11) is -3.57. The van der Waals surface area contributed by atoms with Gasteiger partial charge >= 0.3 is 0 Å². The second kappa shape index (κ2) is 8.67. The number of nitrogens with zero attached hydrogens (tertiary/aromatic N) is 3. The lowest BCUT2D eigenvalue weighted by Gasteiger charge is -2.23. The van der Waals surface area contributed by atoms with Gasteiger partial charge < -0.3 is 9.84 Å². The summed E-state index contributed by atoms with van der Waals surface area (Å²) in [5.74, 6) is 0.194. The van der Waals surface area contributed by atoms with Crippen LogP contribution in [0.3, 0.4) is 0 Å². The highest BCUT2D eigenvalue weighted by atomic mass is 32.2. The molecule has 2 amide bonds. The largest absolute Gasteiger partial charge is 0.361 e. The summed E-state index contributed by atoms with van der Waals surface area (Å²) in [6.45, 7) is 6.52. The van der Waals surface area contributed by atoms with Gasteiger partial charge in [0.2, 0.25) is 21.8 Å². The van der Waals surface area contributed by atoms with E-state index < -0.39 is 16.1 Å². The van der Waals surface area contributed by atoms with E-state index in [0.717, 1.165) is 29.9 Å². The molecule has 0 unspecified atom stereocenters. The molecule has 3 heterocycles. The van der Waals surface area contributed by atoms with Gasteiger partial charge in [0.15, 0.2) is 0 Å². The molecule has 172 valence electrons. The predicted octanol–water partition coefficient (Wildman–Crippen LogP) is 1.71. The lowest BCUT2D eigenvalue weighted by atomic mass is 10.1. The van der Waals surface area contributed by atoms with Crippen molar-refractivity contribution in [2.24, 2.45) is 0 Å². The number of carbonyl (C=O) groups is 2. The first kappa shape index (κ1) is 22.5. The number of carbonyl (C=O) groups excluding carboxylic acids is 2. The van der Waals surface area contributed by atoms with Gasteiger partial charge in [0, 0.05) is 44.2 Å².